The third-order valence-electron chi connectivity index (χ3n) is 2.75. The first-order valence-electron chi connectivity index (χ1n) is 6.13. The molecule has 0 aliphatic carbocycles. The SMILES string of the molecule is CC(CCN(C)C)NCCn1ccccc1=O. The van der Waals surface area contributed by atoms with Crippen LogP contribution in [-0.4, -0.2) is 42.7 Å². The summed E-state index contributed by atoms with van der Waals surface area (Å²) in [7, 11) is 4.16. The second kappa shape index (κ2) is 7.25. The van der Waals surface area contributed by atoms with E-state index in [1.54, 1.807) is 16.7 Å². The predicted octanol–water partition coefficient (Wildman–Crippen LogP) is 0.778. The van der Waals surface area contributed by atoms with Crippen LogP contribution < -0.4 is 10.9 Å². The molecule has 0 radical (unpaired) electrons. The van der Waals surface area contributed by atoms with Crippen LogP contribution in [0.25, 0.3) is 0 Å². The molecule has 0 aliphatic heterocycles. The standard InChI is InChI=1S/C13H23N3O/c1-12(7-10-15(2)3)14-8-11-16-9-5-4-6-13(16)17/h4-6,9,12,14H,7-8,10-11H2,1-3H3. The minimum absolute atomic E-state index is 0.0650. The Morgan fingerprint density at radius 1 is 1.41 bits per heavy atom. The van der Waals surface area contributed by atoms with Gasteiger partial charge in [-0.2, -0.15) is 0 Å². The summed E-state index contributed by atoms with van der Waals surface area (Å²) in [5, 5.41) is 3.43. The first kappa shape index (κ1) is 13.9. The van der Waals surface area contributed by atoms with Crippen molar-refractivity contribution in [1.29, 1.82) is 0 Å². The highest BCUT2D eigenvalue weighted by Crippen LogP contribution is 1.92. The fourth-order valence-corrected chi connectivity index (χ4v) is 1.63. The smallest absolute Gasteiger partial charge is 0.250 e. The molecule has 0 saturated heterocycles. The van der Waals surface area contributed by atoms with Crippen molar-refractivity contribution >= 4 is 0 Å². The Hall–Kier alpha value is -1.13. The zero-order chi connectivity index (χ0) is 12.7. The third kappa shape index (κ3) is 5.65. The predicted molar refractivity (Wildman–Crippen MR) is 71.3 cm³/mol. The quantitative estimate of drug-likeness (QED) is 0.761. The topological polar surface area (TPSA) is 37.3 Å². The van der Waals surface area contributed by atoms with Gasteiger partial charge in [0.1, 0.15) is 0 Å². The van der Waals surface area contributed by atoms with Gasteiger partial charge in [-0.1, -0.05) is 6.07 Å². The maximum atomic E-state index is 11.4. The monoisotopic (exact) mass is 237 g/mol. The summed E-state index contributed by atoms with van der Waals surface area (Å²) in [6.07, 6.45) is 2.95. The lowest BCUT2D eigenvalue weighted by molar-refractivity contribution is 0.363. The minimum atomic E-state index is 0.0650. The molecule has 0 spiro atoms. The molecule has 4 heteroatoms. The largest absolute Gasteiger partial charge is 0.314 e. The van der Waals surface area contributed by atoms with Crippen LogP contribution in [0.4, 0.5) is 0 Å². The summed E-state index contributed by atoms with van der Waals surface area (Å²) in [6, 6.07) is 5.73. The van der Waals surface area contributed by atoms with Crippen LogP contribution in [0.5, 0.6) is 0 Å². The number of nitrogens with zero attached hydrogens (tertiary/aromatic N) is 2. The van der Waals surface area contributed by atoms with E-state index in [0.29, 0.717) is 6.04 Å². The van der Waals surface area contributed by atoms with Gasteiger partial charge >= 0.3 is 0 Å². The van der Waals surface area contributed by atoms with E-state index in [2.05, 4.69) is 31.2 Å². The van der Waals surface area contributed by atoms with E-state index in [-0.39, 0.29) is 5.56 Å². The van der Waals surface area contributed by atoms with Gasteiger partial charge in [0.25, 0.3) is 5.56 Å². The van der Waals surface area contributed by atoms with Crippen molar-refractivity contribution in [1.82, 2.24) is 14.8 Å². The lowest BCUT2D eigenvalue weighted by atomic mass is 10.2. The van der Waals surface area contributed by atoms with Gasteiger partial charge in [0, 0.05) is 31.4 Å². The Labute approximate surface area is 103 Å². The number of pyridine rings is 1. The average molecular weight is 237 g/mol. The molecule has 1 aromatic rings. The van der Waals surface area contributed by atoms with Crippen LogP contribution in [0.3, 0.4) is 0 Å². The molecule has 96 valence electrons. The van der Waals surface area contributed by atoms with Gasteiger partial charge in [-0.3, -0.25) is 4.79 Å². The van der Waals surface area contributed by atoms with Crippen molar-refractivity contribution in [3.63, 3.8) is 0 Å². The molecule has 0 bridgehead atoms. The number of hydrogen-bond acceptors (Lipinski definition) is 3. The van der Waals surface area contributed by atoms with Gasteiger partial charge in [0.15, 0.2) is 0 Å². The maximum absolute atomic E-state index is 11.4. The highest BCUT2D eigenvalue weighted by Gasteiger charge is 2.01. The highest BCUT2D eigenvalue weighted by atomic mass is 16.1. The summed E-state index contributed by atoms with van der Waals surface area (Å²) < 4.78 is 1.73. The zero-order valence-electron chi connectivity index (χ0n) is 11.0. The molecule has 1 atom stereocenters. The fraction of sp³-hybridized carbons (Fsp3) is 0.615. The number of nitrogens with one attached hydrogen (secondary N) is 1. The van der Waals surface area contributed by atoms with E-state index >= 15 is 0 Å². The van der Waals surface area contributed by atoms with Crippen LogP contribution >= 0.6 is 0 Å². The van der Waals surface area contributed by atoms with Gasteiger partial charge in [-0.05, 0) is 40.1 Å². The van der Waals surface area contributed by atoms with E-state index in [4.69, 9.17) is 0 Å². The van der Waals surface area contributed by atoms with Crippen LogP contribution in [0.2, 0.25) is 0 Å². The normalized spacial score (nSPS) is 12.9. The minimum Gasteiger partial charge on any atom is -0.314 e. The van der Waals surface area contributed by atoms with Crippen LogP contribution in [0, 0.1) is 0 Å². The second-order valence-electron chi connectivity index (χ2n) is 4.68. The molecule has 1 rings (SSSR count). The molecular formula is C13H23N3O. The van der Waals surface area contributed by atoms with E-state index in [9.17, 15) is 4.79 Å². The molecule has 0 amide bonds. The summed E-state index contributed by atoms with van der Waals surface area (Å²) in [4.78, 5) is 13.6. The summed E-state index contributed by atoms with van der Waals surface area (Å²) in [5.74, 6) is 0. The molecule has 0 aliphatic rings. The Kier molecular flexibility index (Phi) is 5.94. The van der Waals surface area contributed by atoms with Crippen molar-refractivity contribution in [2.24, 2.45) is 0 Å². The van der Waals surface area contributed by atoms with Crippen molar-refractivity contribution in [3.05, 3.63) is 34.7 Å². The highest BCUT2D eigenvalue weighted by molar-refractivity contribution is 4.93. The molecule has 1 N–H and O–H groups in total. The molecule has 0 saturated carbocycles. The van der Waals surface area contributed by atoms with Crippen molar-refractivity contribution in [2.75, 3.05) is 27.2 Å². The fourth-order valence-electron chi connectivity index (χ4n) is 1.63. The van der Waals surface area contributed by atoms with Gasteiger partial charge in [0.05, 0.1) is 0 Å². The summed E-state index contributed by atoms with van der Waals surface area (Å²) >= 11 is 0. The molecule has 1 unspecified atom stereocenters. The Morgan fingerprint density at radius 3 is 2.82 bits per heavy atom. The Morgan fingerprint density at radius 2 is 2.18 bits per heavy atom. The molecular weight excluding hydrogens is 214 g/mol. The summed E-state index contributed by atoms with van der Waals surface area (Å²) in [6.45, 7) is 4.82. The molecule has 0 aromatic carbocycles. The molecule has 4 nitrogen and oxygen atoms in total. The number of rotatable bonds is 7. The van der Waals surface area contributed by atoms with Gasteiger partial charge in [-0.25, -0.2) is 0 Å². The van der Waals surface area contributed by atoms with Crippen molar-refractivity contribution in [3.8, 4) is 0 Å². The summed E-state index contributed by atoms with van der Waals surface area (Å²) in [5.41, 5.74) is 0.0650. The lowest BCUT2D eigenvalue weighted by Crippen LogP contribution is -2.33. The van der Waals surface area contributed by atoms with Crippen molar-refractivity contribution in [2.45, 2.75) is 25.9 Å². The van der Waals surface area contributed by atoms with Gasteiger partial charge in [0.2, 0.25) is 0 Å². The molecule has 17 heavy (non-hydrogen) atoms. The molecule has 1 aromatic heterocycles. The Bertz CT molecular complexity index is 373. The average Bonchev–Trinajstić information content (AvgIpc) is 2.29. The van der Waals surface area contributed by atoms with E-state index in [0.717, 1.165) is 26.1 Å². The van der Waals surface area contributed by atoms with Crippen LogP contribution in [0.15, 0.2) is 29.2 Å². The van der Waals surface area contributed by atoms with Crippen LogP contribution in [0.1, 0.15) is 13.3 Å². The lowest BCUT2D eigenvalue weighted by Gasteiger charge is -2.16. The third-order valence-corrected chi connectivity index (χ3v) is 2.75. The molecule has 1 heterocycles. The van der Waals surface area contributed by atoms with Crippen molar-refractivity contribution < 1.29 is 0 Å². The number of hydrogen-bond donors (Lipinski definition) is 1. The maximum Gasteiger partial charge on any atom is 0.250 e. The Balaban J connectivity index is 2.24. The first-order valence-corrected chi connectivity index (χ1v) is 6.13. The van der Waals surface area contributed by atoms with Gasteiger partial charge < -0.3 is 14.8 Å². The van der Waals surface area contributed by atoms with E-state index < -0.39 is 0 Å². The first-order chi connectivity index (χ1) is 8.09. The van der Waals surface area contributed by atoms with Crippen LogP contribution in [-0.2, 0) is 6.54 Å². The molecule has 0 fully saturated rings. The zero-order valence-corrected chi connectivity index (χ0v) is 11.0. The second-order valence-corrected chi connectivity index (χ2v) is 4.68. The van der Waals surface area contributed by atoms with E-state index in [1.165, 1.54) is 0 Å². The number of aromatic nitrogens is 1. The van der Waals surface area contributed by atoms with E-state index in [1.807, 2.05) is 12.3 Å². The van der Waals surface area contributed by atoms with Gasteiger partial charge in [-0.15, -0.1) is 0 Å².